The van der Waals surface area contributed by atoms with E-state index in [4.69, 9.17) is 4.74 Å². The number of hydrogen-bond acceptors (Lipinski definition) is 2. The van der Waals surface area contributed by atoms with Crippen LogP contribution in [-0.4, -0.2) is 11.1 Å². The molecule has 1 N–H and O–H groups in total. The summed E-state index contributed by atoms with van der Waals surface area (Å²) < 4.78 is 19.2. The first-order valence-electron chi connectivity index (χ1n) is 7.43. The van der Waals surface area contributed by atoms with E-state index in [1.165, 1.54) is 12.1 Å². The van der Waals surface area contributed by atoms with Crippen LogP contribution in [0.15, 0.2) is 72.8 Å². The van der Waals surface area contributed by atoms with Crippen LogP contribution in [0.1, 0.15) is 15.9 Å². The fraction of sp³-hybridized carbons (Fsp3) is 0.0500. The van der Waals surface area contributed by atoms with E-state index in [-0.39, 0.29) is 5.56 Å². The Morgan fingerprint density at radius 3 is 2.33 bits per heavy atom. The number of carboxylic acids is 1. The summed E-state index contributed by atoms with van der Waals surface area (Å²) >= 11 is 0. The Morgan fingerprint density at radius 2 is 1.67 bits per heavy atom. The Bertz CT molecular complexity index is 843. The molecule has 0 aliphatic carbocycles. The van der Waals surface area contributed by atoms with Crippen molar-refractivity contribution in [2.75, 3.05) is 0 Å². The second kappa shape index (κ2) is 6.96. The number of hydrogen-bond donors (Lipinski definition) is 1. The number of carboxylic acid groups (broad SMARTS) is 1. The highest BCUT2D eigenvalue weighted by Gasteiger charge is 2.12. The molecule has 3 rings (SSSR count). The first-order valence-corrected chi connectivity index (χ1v) is 7.43. The molecule has 0 saturated carbocycles. The molecule has 3 nitrogen and oxygen atoms in total. The normalized spacial score (nSPS) is 10.4. The molecule has 0 aromatic heterocycles. The molecule has 0 spiro atoms. The molecule has 4 heteroatoms. The van der Waals surface area contributed by atoms with Crippen molar-refractivity contribution in [1.29, 1.82) is 0 Å². The quantitative estimate of drug-likeness (QED) is 0.736. The Hall–Kier alpha value is -3.14. The number of ether oxygens (including phenoxy) is 1. The summed E-state index contributed by atoms with van der Waals surface area (Å²) in [5, 5.41) is 9.24. The van der Waals surface area contributed by atoms with Crippen LogP contribution in [0.2, 0.25) is 0 Å². The molecular weight excluding hydrogens is 307 g/mol. The topological polar surface area (TPSA) is 46.5 Å². The number of aromatic carboxylic acids is 1. The molecule has 0 unspecified atom stereocenters. The largest absolute Gasteiger partial charge is 0.489 e. The molecule has 0 heterocycles. The molecule has 0 saturated heterocycles. The molecule has 0 bridgehead atoms. The lowest BCUT2D eigenvalue weighted by molar-refractivity contribution is 0.0697. The first-order chi connectivity index (χ1) is 11.6. The van der Waals surface area contributed by atoms with Crippen molar-refractivity contribution in [2.45, 2.75) is 6.61 Å². The van der Waals surface area contributed by atoms with Crippen LogP contribution in [0.4, 0.5) is 4.39 Å². The van der Waals surface area contributed by atoms with Gasteiger partial charge in [0.1, 0.15) is 18.2 Å². The first kappa shape index (κ1) is 15.7. The van der Waals surface area contributed by atoms with Gasteiger partial charge in [-0.25, -0.2) is 9.18 Å². The maximum atomic E-state index is 13.5. The van der Waals surface area contributed by atoms with Crippen molar-refractivity contribution in [3.8, 4) is 16.9 Å². The minimum Gasteiger partial charge on any atom is -0.489 e. The molecule has 0 atom stereocenters. The SMILES string of the molecule is O=C(O)c1ccc(F)cc1-c1ccc(OCc2ccccc2)cc1. The van der Waals surface area contributed by atoms with Crippen molar-refractivity contribution in [3.05, 3.63) is 89.7 Å². The van der Waals surface area contributed by atoms with Gasteiger partial charge in [-0.15, -0.1) is 0 Å². The minimum absolute atomic E-state index is 0.0642. The molecule has 3 aromatic rings. The molecule has 0 aliphatic rings. The monoisotopic (exact) mass is 322 g/mol. The summed E-state index contributed by atoms with van der Waals surface area (Å²) in [7, 11) is 0. The van der Waals surface area contributed by atoms with Gasteiger partial charge in [0.2, 0.25) is 0 Å². The van der Waals surface area contributed by atoms with Gasteiger partial charge in [-0.2, -0.15) is 0 Å². The number of rotatable bonds is 5. The van der Waals surface area contributed by atoms with Crippen molar-refractivity contribution < 1.29 is 19.0 Å². The average Bonchev–Trinajstić information content (AvgIpc) is 2.61. The maximum absolute atomic E-state index is 13.5. The van der Waals surface area contributed by atoms with Crippen LogP contribution in [-0.2, 0) is 6.61 Å². The van der Waals surface area contributed by atoms with Crippen molar-refractivity contribution in [2.24, 2.45) is 0 Å². The zero-order valence-electron chi connectivity index (χ0n) is 12.8. The van der Waals surface area contributed by atoms with Crippen LogP contribution in [0.5, 0.6) is 5.75 Å². The van der Waals surface area contributed by atoms with Gasteiger partial charge in [-0.3, -0.25) is 0 Å². The molecule has 0 radical (unpaired) electrons. The van der Waals surface area contributed by atoms with E-state index >= 15 is 0 Å². The highest BCUT2D eigenvalue weighted by Crippen LogP contribution is 2.27. The van der Waals surface area contributed by atoms with Gasteiger partial charge >= 0.3 is 5.97 Å². The van der Waals surface area contributed by atoms with E-state index in [1.54, 1.807) is 24.3 Å². The summed E-state index contributed by atoms with van der Waals surface area (Å²) in [6, 6.07) is 20.4. The molecule has 120 valence electrons. The molecule has 24 heavy (non-hydrogen) atoms. The number of benzene rings is 3. The lowest BCUT2D eigenvalue weighted by Crippen LogP contribution is -2.00. The molecule has 0 aliphatic heterocycles. The van der Waals surface area contributed by atoms with Crippen LogP contribution < -0.4 is 4.74 Å². The van der Waals surface area contributed by atoms with Crippen molar-refractivity contribution in [1.82, 2.24) is 0 Å². The zero-order valence-corrected chi connectivity index (χ0v) is 12.8. The summed E-state index contributed by atoms with van der Waals surface area (Å²) in [5.74, 6) is -0.898. The van der Waals surface area contributed by atoms with Gasteiger partial charge in [0.15, 0.2) is 0 Å². The Balaban J connectivity index is 1.80. The summed E-state index contributed by atoms with van der Waals surface area (Å²) in [6.07, 6.45) is 0. The van der Waals surface area contributed by atoms with E-state index in [1.807, 2.05) is 30.3 Å². The third-order valence-corrected chi connectivity index (χ3v) is 3.63. The second-order valence-electron chi connectivity index (χ2n) is 5.29. The van der Waals surface area contributed by atoms with Gasteiger partial charge in [0.05, 0.1) is 5.56 Å². The van der Waals surface area contributed by atoms with E-state index in [9.17, 15) is 14.3 Å². The van der Waals surface area contributed by atoms with Crippen LogP contribution >= 0.6 is 0 Å². The van der Waals surface area contributed by atoms with Crippen molar-refractivity contribution >= 4 is 5.97 Å². The molecule has 0 fully saturated rings. The summed E-state index contributed by atoms with van der Waals surface area (Å²) in [6.45, 7) is 0.445. The van der Waals surface area contributed by atoms with Gasteiger partial charge in [0.25, 0.3) is 0 Å². The van der Waals surface area contributed by atoms with Gasteiger partial charge in [-0.1, -0.05) is 42.5 Å². The summed E-state index contributed by atoms with van der Waals surface area (Å²) in [4.78, 5) is 11.3. The lowest BCUT2D eigenvalue weighted by Gasteiger charge is -2.09. The van der Waals surface area contributed by atoms with E-state index in [0.29, 0.717) is 23.5 Å². The molecular formula is C20H15FO3. The van der Waals surface area contributed by atoms with Gasteiger partial charge in [0, 0.05) is 0 Å². The minimum atomic E-state index is -1.09. The lowest BCUT2D eigenvalue weighted by atomic mass is 9.99. The average molecular weight is 322 g/mol. The zero-order chi connectivity index (χ0) is 16.9. The smallest absolute Gasteiger partial charge is 0.336 e. The predicted octanol–water partition coefficient (Wildman–Crippen LogP) is 4.77. The van der Waals surface area contributed by atoms with Crippen LogP contribution in [0.25, 0.3) is 11.1 Å². The number of carbonyl (C=O) groups is 1. The fourth-order valence-electron chi connectivity index (χ4n) is 2.41. The van der Waals surface area contributed by atoms with Gasteiger partial charge in [-0.05, 0) is 47.0 Å². The third-order valence-electron chi connectivity index (χ3n) is 3.63. The summed E-state index contributed by atoms with van der Waals surface area (Å²) in [5.41, 5.74) is 2.09. The van der Waals surface area contributed by atoms with E-state index in [0.717, 1.165) is 11.6 Å². The third kappa shape index (κ3) is 3.60. The number of halogens is 1. The predicted molar refractivity (Wildman–Crippen MR) is 89.6 cm³/mol. The van der Waals surface area contributed by atoms with Gasteiger partial charge < -0.3 is 9.84 Å². The highest BCUT2D eigenvalue weighted by atomic mass is 19.1. The van der Waals surface area contributed by atoms with Crippen LogP contribution in [0.3, 0.4) is 0 Å². The molecule has 3 aromatic carbocycles. The second-order valence-corrected chi connectivity index (χ2v) is 5.29. The highest BCUT2D eigenvalue weighted by molar-refractivity contribution is 5.96. The Morgan fingerprint density at radius 1 is 0.958 bits per heavy atom. The Labute approximate surface area is 139 Å². The standard InChI is InChI=1S/C20H15FO3/c21-16-8-11-18(20(22)23)19(12-16)15-6-9-17(10-7-15)24-13-14-4-2-1-3-5-14/h1-12H,13H2,(H,22,23). The Kier molecular flexibility index (Phi) is 4.57. The van der Waals surface area contributed by atoms with Crippen LogP contribution in [0, 0.1) is 5.82 Å². The van der Waals surface area contributed by atoms with E-state index in [2.05, 4.69) is 0 Å². The fourth-order valence-corrected chi connectivity index (χ4v) is 2.41. The van der Waals surface area contributed by atoms with Crippen molar-refractivity contribution in [3.63, 3.8) is 0 Å². The molecule has 0 amide bonds. The van der Waals surface area contributed by atoms with E-state index < -0.39 is 11.8 Å². The maximum Gasteiger partial charge on any atom is 0.336 e.